The highest BCUT2D eigenvalue weighted by Gasteiger charge is 2.16. The van der Waals surface area contributed by atoms with E-state index in [9.17, 15) is 23.2 Å². The standard InChI is InChI=1S/C17H21F2NO6/c1-17(2,3)26-16(23)20-9-8-14(22)24-10-13(21)11-4-6-12(7-5-11)25-15(18)19/h4-7,15H,8-10H2,1-3H3,(H,20,23). The first-order valence-corrected chi connectivity index (χ1v) is 7.77. The molecule has 0 aliphatic rings. The van der Waals surface area contributed by atoms with Gasteiger partial charge in [0.1, 0.15) is 11.4 Å². The summed E-state index contributed by atoms with van der Waals surface area (Å²) in [6.45, 7) is 1.67. The summed E-state index contributed by atoms with van der Waals surface area (Å²) in [5, 5.41) is 2.39. The van der Waals surface area contributed by atoms with Crippen LogP contribution in [0, 0.1) is 0 Å². The maximum Gasteiger partial charge on any atom is 0.407 e. The Hall–Kier alpha value is -2.71. The zero-order valence-corrected chi connectivity index (χ0v) is 14.7. The molecule has 0 aromatic heterocycles. The zero-order valence-electron chi connectivity index (χ0n) is 14.7. The average Bonchev–Trinajstić information content (AvgIpc) is 2.51. The molecule has 0 aliphatic heterocycles. The first kappa shape index (κ1) is 21.3. The predicted octanol–water partition coefficient (Wildman–Crippen LogP) is 2.93. The number of alkyl carbamates (subject to hydrolysis) is 1. The maximum absolute atomic E-state index is 12.0. The lowest BCUT2D eigenvalue weighted by molar-refractivity contribution is -0.142. The van der Waals surface area contributed by atoms with Crippen molar-refractivity contribution in [3.63, 3.8) is 0 Å². The van der Waals surface area contributed by atoms with E-state index in [1.165, 1.54) is 24.3 Å². The fraction of sp³-hybridized carbons (Fsp3) is 0.471. The van der Waals surface area contributed by atoms with Gasteiger partial charge in [-0.3, -0.25) is 9.59 Å². The van der Waals surface area contributed by atoms with Crippen LogP contribution in [0.4, 0.5) is 13.6 Å². The highest BCUT2D eigenvalue weighted by molar-refractivity contribution is 5.98. The van der Waals surface area contributed by atoms with Crippen LogP contribution in [0.3, 0.4) is 0 Å². The molecule has 0 spiro atoms. The molecular formula is C17H21F2NO6. The molecular weight excluding hydrogens is 352 g/mol. The molecule has 1 amide bonds. The molecule has 0 saturated heterocycles. The number of esters is 1. The lowest BCUT2D eigenvalue weighted by Crippen LogP contribution is -2.33. The summed E-state index contributed by atoms with van der Waals surface area (Å²) in [5.41, 5.74) is -0.460. The molecule has 144 valence electrons. The minimum Gasteiger partial charge on any atom is -0.457 e. The van der Waals surface area contributed by atoms with Crippen molar-refractivity contribution in [3.8, 4) is 5.75 Å². The van der Waals surface area contributed by atoms with Crippen molar-refractivity contribution in [1.29, 1.82) is 0 Å². The molecule has 1 aromatic rings. The van der Waals surface area contributed by atoms with Crippen LogP contribution in [0.25, 0.3) is 0 Å². The summed E-state index contributed by atoms with van der Waals surface area (Å²) in [5.74, 6) is -1.25. The molecule has 0 heterocycles. The van der Waals surface area contributed by atoms with Gasteiger partial charge in [-0.05, 0) is 45.0 Å². The highest BCUT2D eigenvalue weighted by Crippen LogP contribution is 2.15. The van der Waals surface area contributed by atoms with Gasteiger partial charge in [-0.2, -0.15) is 8.78 Å². The van der Waals surface area contributed by atoms with E-state index in [4.69, 9.17) is 9.47 Å². The molecule has 1 N–H and O–H groups in total. The Morgan fingerprint density at radius 2 is 1.73 bits per heavy atom. The number of hydrogen-bond acceptors (Lipinski definition) is 6. The Morgan fingerprint density at radius 1 is 1.12 bits per heavy atom. The third kappa shape index (κ3) is 8.95. The number of hydrogen-bond donors (Lipinski definition) is 1. The molecule has 26 heavy (non-hydrogen) atoms. The van der Waals surface area contributed by atoms with Gasteiger partial charge in [0.2, 0.25) is 0 Å². The fourth-order valence-corrected chi connectivity index (χ4v) is 1.70. The fourth-order valence-electron chi connectivity index (χ4n) is 1.70. The van der Waals surface area contributed by atoms with Crippen LogP contribution in [0.15, 0.2) is 24.3 Å². The molecule has 1 rings (SSSR count). The van der Waals surface area contributed by atoms with Gasteiger partial charge in [-0.1, -0.05) is 0 Å². The van der Waals surface area contributed by atoms with E-state index in [-0.39, 0.29) is 24.3 Å². The molecule has 0 unspecified atom stereocenters. The van der Waals surface area contributed by atoms with Gasteiger partial charge in [0, 0.05) is 12.1 Å². The second-order valence-corrected chi connectivity index (χ2v) is 6.17. The Bertz CT molecular complexity index is 625. The van der Waals surface area contributed by atoms with E-state index < -0.39 is 36.7 Å². The number of carbonyl (C=O) groups is 3. The molecule has 0 fully saturated rings. The molecule has 7 nitrogen and oxygen atoms in total. The number of halogens is 2. The number of Topliss-reactive ketones (excluding diaryl/α,β-unsaturated/α-hetero) is 1. The number of amides is 1. The minimum absolute atomic E-state index is 0.00159. The van der Waals surface area contributed by atoms with Gasteiger partial charge < -0.3 is 19.5 Å². The summed E-state index contributed by atoms with van der Waals surface area (Å²) < 4.78 is 38.0. The van der Waals surface area contributed by atoms with Gasteiger partial charge in [0.05, 0.1) is 6.42 Å². The molecule has 0 atom stereocenters. The average molecular weight is 373 g/mol. The smallest absolute Gasteiger partial charge is 0.407 e. The van der Waals surface area contributed by atoms with E-state index >= 15 is 0 Å². The SMILES string of the molecule is CC(C)(C)OC(=O)NCCC(=O)OCC(=O)c1ccc(OC(F)F)cc1. The quantitative estimate of drug-likeness (QED) is 0.557. The monoisotopic (exact) mass is 373 g/mol. The molecule has 9 heteroatoms. The largest absolute Gasteiger partial charge is 0.457 e. The second kappa shape index (κ2) is 9.69. The molecule has 0 aliphatic carbocycles. The number of ether oxygens (including phenoxy) is 3. The summed E-state index contributed by atoms with van der Waals surface area (Å²) >= 11 is 0. The van der Waals surface area contributed by atoms with Crippen molar-refractivity contribution in [2.24, 2.45) is 0 Å². The van der Waals surface area contributed by atoms with Crippen molar-refractivity contribution < 1.29 is 37.4 Å². The van der Waals surface area contributed by atoms with Crippen molar-refractivity contribution in [3.05, 3.63) is 29.8 Å². The van der Waals surface area contributed by atoms with Gasteiger partial charge in [0.15, 0.2) is 12.4 Å². The van der Waals surface area contributed by atoms with E-state index in [2.05, 4.69) is 10.1 Å². The van der Waals surface area contributed by atoms with Gasteiger partial charge in [0.25, 0.3) is 0 Å². The van der Waals surface area contributed by atoms with Crippen molar-refractivity contribution >= 4 is 17.8 Å². The molecule has 0 saturated carbocycles. The van der Waals surface area contributed by atoms with E-state index in [0.717, 1.165) is 0 Å². The van der Waals surface area contributed by atoms with Crippen molar-refractivity contribution in [2.45, 2.75) is 39.4 Å². The van der Waals surface area contributed by atoms with Crippen LogP contribution in [0.2, 0.25) is 0 Å². The van der Waals surface area contributed by atoms with Crippen LogP contribution in [0.1, 0.15) is 37.6 Å². The summed E-state index contributed by atoms with van der Waals surface area (Å²) in [6, 6.07) is 5.01. The van der Waals surface area contributed by atoms with Gasteiger partial charge in [-0.25, -0.2) is 4.79 Å². The van der Waals surface area contributed by atoms with Crippen molar-refractivity contribution in [1.82, 2.24) is 5.32 Å². The molecule has 0 bridgehead atoms. The molecule has 1 aromatic carbocycles. The maximum atomic E-state index is 12.0. The highest BCUT2D eigenvalue weighted by atomic mass is 19.3. The Morgan fingerprint density at radius 3 is 2.27 bits per heavy atom. The number of benzene rings is 1. The second-order valence-electron chi connectivity index (χ2n) is 6.17. The number of rotatable bonds is 8. The lowest BCUT2D eigenvalue weighted by Gasteiger charge is -2.19. The summed E-state index contributed by atoms with van der Waals surface area (Å²) in [6.07, 6.45) is -0.791. The van der Waals surface area contributed by atoms with Crippen LogP contribution in [0.5, 0.6) is 5.75 Å². The summed E-state index contributed by atoms with van der Waals surface area (Å²) in [4.78, 5) is 34.8. The van der Waals surface area contributed by atoms with E-state index in [1.54, 1.807) is 20.8 Å². The first-order chi connectivity index (χ1) is 12.1. The first-order valence-electron chi connectivity index (χ1n) is 7.77. The van der Waals surface area contributed by atoms with Crippen molar-refractivity contribution in [2.75, 3.05) is 13.2 Å². The Labute approximate surface area is 149 Å². The minimum atomic E-state index is -2.95. The van der Waals surface area contributed by atoms with Crippen LogP contribution in [-0.2, 0) is 14.3 Å². The number of nitrogens with one attached hydrogen (secondary N) is 1. The van der Waals surface area contributed by atoms with Crippen LogP contribution in [-0.4, -0.2) is 43.2 Å². The third-order valence-corrected chi connectivity index (χ3v) is 2.76. The summed E-state index contributed by atoms with van der Waals surface area (Å²) in [7, 11) is 0. The van der Waals surface area contributed by atoms with Gasteiger partial charge in [-0.15, -0.1) is 0 Å². The van der Waals surface area contributed by atoms with E-state index in [0.29, 0.717) is 0 Å². The third-order valence-electron chi connectivity index (χ3n) is 2.76. The number of alkyl halides is 2. The van der Waals surface area contributed by atoms with Crippen LogP contribution >= 0.6 is 0 Å². The Kier molecular flexibility index (Phi) is 7.95. The molecule has 0 radical (unpaired) electrons. The number of ketones is 1. The lowest BCUT2D eigenvalue weighted by atomic mass is 10.1. The number of carbonyl (C=O) groups excluding carboxylic acids is 3. The predicted molar refractivity (Wildman–Crippen MR) is 87.2 cm³/mol. The van der Waals surface area contributed by atoms with Gasteiger partial charge >= 0.3 is 18.7 Å². The topological polar surface area (TPSA) is 90.9 Å². The Balaban J connectivity index is 2.31. The van der Waals surface area contributed by atoms with E-state index in [1.807, 2.05) is 0 Å². The zero-order chi connectivity index (χ0) is 19.7. The normalized spacial score (nSPS) is 11.0. The van der Waals surface area contributed by atoms with Crippen LogP contribution < -0.4 is 10.1 Å².